The minimum Gasteiger partial charge on any atom is -0.376 e. The van der Waals surface area contributed by atoms with E-state index in [9.17, 15) is 14.4 Å². The Bertz CT molecular complexity index is 912. The van der Waals surface area contributed by atoms with Crippen LogP contribution in [0.1, 0.15) is 33.6 Å². The van der Waals surface area contributed by atoms with Crippen LogP contribution in [0, 0.1) is 0 Å². The second kappa shape index (κ2) is 8.75. The molecule has 3 rings (SSSR count). The van der Waals surface area contributed by atoms with Gasteiger partial charge in [-0.2, -0.15) is 0 Å². The fourth-order valence-electron chi connectivity index (χ4n) is 2.57. The van der Waals surface area contributed by atoms with Gasteiger partial charge in [-0.15, -0.1) is 0 Å². The number of anilines is 2. The second-order valence-electron chi connectivity index (χ2n) is 6.50. The van der Waals surface area contributed by atoms with Crippen LogP contribution in [0.2, 0.25) is 5.02 Å². The van der Waals surface area contributed by atoms with E-state index in [0.717, 1.165) is 12.8 Å². The molecule has 0 bridgehead atoms. The van der Waals surface area contributed by atoms with Crippen molar-refractivity contribution in [2.45, 2.75) is 18.9 Å². The van der Waals surface area contributed by atoms with Crippen LogP contribution in [-0.2, 0) is 4.79 Å². The maximum atomic E-state index is 12.2. The third-order valence-corrected chi connectivity index (χ3v) is 4.53. The van der Waals surface area contributed by atoms with Gasteiger partial charge in [0.2, 0.25) is 5.91 Å². The summed E-state index contributed by atoms with van der Waals surface area (Å²) in [6.45, 7) is 0.00808. The lowest BCUT2D eigenvalue weighted by molar-refractivity contribution is -0.114. The smallest absolute Gasteiger partial charge is 0.252 e. The molecule has 0 aliphatic heterocycles. The molecule has 0 saturated heterocycles. The van der Waals surface area contributed by atoms with Gasteiger partial charge in [0.05, 0.1) is 17.1 Å². The van der Waals surface area contributed by atoms with Crippen LogP contribution in [0.15, 0.2) is 42.5 Å². The van der Waals surface area contributed by atoms with E-state index in [2.05, 4.69) is 21.3 Å². The average molecular weight is 401 g/mol. The zero-order chi connectivity index (χ0) is 20.1. The standard InChI is InChI=1S/C20H21ClN4O3/c1-22-20(28)16-8-7-14(10-17(16)21)23-11-18(26)24-15-4-2-3-12(9-15)19(27)25-13-5-6-13/h2-4,7-10,13,23H,5-6,11H2,1H3,(H,22,28)(H,24,26)(H,25,27). The number of halogens is 1. The van der Waals surface area contributed by atoms with Crippen LogP contribution in [0.4, 0.5) is 11.4 Å². The molecule has 28 heavy (non-hydrogen) atoms. The zero-order valence-electron chi connectivity index (χ0n) is 15.3. The highest BCUT2D eigenvalue weighted by atomic mass is 35.5. The number of carbonyl (C=O) groups excluding carboxylic acids is 3. The van der Waals surface area contributed by atoms with Crippen LogP contribution >= 0.6 is 11.6 Å². The van der Waals surface area contributed by atoms with E-state index in [1.807, 2.05) is 0 Å². The number of hydrogen-bond donors (Lipinski definition) is 4. The van der Waals surface area contributed by atoms with E-state index in [0.29, 0.717) is 27.5 Å². The third kappa shape index (κ3) is 5.23. The van der Waals surface area contributed by atoms with Crippen molar-refractivity contribution in [2.75, 3.05) is 24.2 Å². The topological polar surface area (TPSA) is 99.3 Å². The molecule has 0 heterocycles. The Morgan fingerprint density at radius 2 is 1.82 bits per heavy atom. The summed E-state index contributed by atoms with van der Waals surface area (Å²) in [5.74, 6) is -0.686. The van der Waals surface area contributed by atoms with E-state index in [4.69, 9.17) is 11.6 Å². The summed E-state index contributed by atoms with van der Waals surface area (Å²) in [5.41, 5.74) is 2.03. The van der Waals surface area contributed by atoms with Crippen LogP contribution in [0.5, 0.6) is 0 Å². The first-order valence-electron chi connectivity index (χ1n) is 8.92. The predicted molar refractivity (Wildman–Crippen MR) is 109 cm³/mol. The Morgan fingerprint density at radius 3 is 2.50 bits per heavy atom. The predicted octanol–water partition coefficient (Wildman–Crippen LogP) is 2.64. The van der Waals surface area contributed by atoms with Crippen molar-refractivity contribution in [1.82, 2.24) is 10.6 Å². The Balaban J connectivity index is 1.55. The van der Waals surface area contributed by atoms with E-state index in [1.54, 1.807) is 42.5 Å². The summed E-state index contributed by atoms with van der Waals surface area (Å²) in [4.78, 5) is 35.9. The quantitative estimate of drug-likeness (QED) is 0.574. The van der Waals surface area contributed by atoms with Gasteiger partial charge in [0.15, 0.2) is 0 Å². The Hall–Kier alpha value is -3.06. The summed E-state index contributed by atoms with van der Waals surface area (Å²) in [6.07, 6.45) is 2.03. The van der Waals surface area contributed by atoms with Gasteiger partial charge in [0, 0.05) is 30.0 Å². The lowest BCUT2D eigenvalue weighted by Gasteiger charge is -2.10. The first-order valence-corrected chi connectivity index (χ1v) is 9.30. The molecule has 146 valence electrons. The summed E-state index contributed by atoms with van der Waals surface area (Å²) in [6, 6.07) is 11.9. The molecule has 3 amide bonds. The summed E-state index contributed by atoms with van der Waals surface area (Å²) < 4.78 is 0. The highest BCUT2D eigenvalue weighted by Gasteiger charge is 2.23. The molecule has 4 N–H and O–H groups in total. The number of amides is 3. The monoisotopic (exact) mass is 400 g/mol. The van der Waals surface area contributed by atoms with Gasteiger partial charge in [-0.05, 0) is 49.2 Å². The third-order valence-electron chi connectivity index (χ3n) is 4.21. The second-order valence-corrected chi connectivity index (χ2v) is 6.91. The van der Waals surface area contributed by atoms with Crippen molar-refractivity contribution in [3.05, 3.63) is 58.6 Å². The molecule has 1 saturated carbocycles. The van der Waals surface area contributed by atoms with E-state index in [1.165, 1.54) is 7.05 Å². The summed E-state index contributed by atoms with van der Waals surface area (Å²) >= 11 is 6.10. The highest BCUT2D eigenvalue weighted by molar-refractivity contribution is 6.34. The molecular weight excluding hydrogens is 380 g/mol. The molecule has 1 aliphatic rings. The SMILES string of the molecule is CNC(=O)c1ccc(NCC(=O)Nc2cccc(C(=O)NC3CC3)c2)cc1Cl. The number of rotatable bonds is 7. The van der Waals surface area contributed by atoms with E-state index >= 15 is 0 Å². The number of benzene rings is 2. The molecule has 1 aliphatic carbocycles. The largest absolute Gasteiger partial charge is 0.376 e. The minimum atomic E-state index is -0.278. The molecule has 8 heteroatoms. The van der Waals surface area contributed by atoms with Crippen LogP contribution in [0.3, 0.4) is 0 Å². The number of nitrogens with one attached hydrogen (secondary N) is 4. The van der Waals surface area contributed by atoms with Gasteiger partial charge in [-0.25, -0.2) is 0 Å². The molecular formula is C20H21ClN4O3. The van der Waals surface area contributed by atoms with Gasteiger partial charge >= 0.3 is 0 Å². The maximum Gasteiger partial charge on any atom is 0.252 e. The van der Waals surface area contributed by atoms with Crippen LogP contribution < -0.4 is 21.3 Å². The van der Waals surface area contributed by atoms with Crippen molar-refractivity contribution in [2.24, 2.45) is 0 Å². The van der Waals surface area contributed by atoms with Crippen molar-refractivity contribution in [3.63, 3.8) is 0 Å². The minimum absolute atomic E-state index is 0.00808. The van der Waals surface area contributed by atoms with E-state index < -0.39 is 0 Å². The average Bonchev–Trinajstić information content (AvgIpc) is 3.50. The maximum absolute atomic E-state index is 12.2. The Morgan fingerprint density at radius 1 is 1.04 bits per heavy atom. The lowest BCUT2D eigenvalue weighted by atomic mass is 10.2. The molecule has 0 unspecified atom stereocenters. The Labute approximate surface area is 167 Å². The lowest BCUT2D eigenvalue weighted by Crippen LogP contribution is -2.26. The van der Waals surface area contributed by atoms with Crippen molar-refractivity contribution >= 4 is 40.7 Å². The van der Waals surface area contributed by atoms with E-state index in [-0.39, 0.29) is 30.3 Å². The fourth-order valence-corrected chi connectivity index (χ4v) is 2.83. The molecule has 0 atom stereocenters. The zero-order valence-corrected chi connectivity index (χ0v) is 16.1. The van der Waals surface area contributed by atoms with Crippen molar-refractivity contribution < 1.29 is 14.4 Å². The first kappa shape index (κ1) is 19.7. The molecule has 1 fully saturated rings. The van der Waals surface area contributed by atoms with Crippen molar-refractivity contribution in [1.29, 1.82) is 0 Å². The van der Waals surface area contributed by atoms with Crippen molar-refractivity contribution in [3.8, 4) is 0 Å². The van der Waals surface area contributed by atoms with Crippen LogP contribution in [-0.4, -0.2) is 37.4 Å². The highest BCUT2D eigenvalue weighted by Crippen LogP contribution is 2.21. The van der Waals surface area contributed by atoms with Gasteiger partial charge in [-0.1, -0.05) is 17.7 Å². The summed E-state index contributed by atoms with van der Waals surface area (Å²) in [7, 11) is 1.53. The molecule has 7 nitrogen and oxygen atoms in total. The van der Waals surface area contributed by atoms with Crippen LogP contribution in [0.25, 0.3) is 0 Å². The van der Waals surface area contributed by atoms with Gasteiger partial charge in [0.25, 0.3) is 11.8 Å². The summed E-state index contributed by atoms with van der Waals surface area (Å²) in [5, 5.41) is 11.4. The number of hydrogen-bond acceptors (Lipinski definition) is 4. The Kier molecular flexibility index (Phi) is 6.16. The van der Waals surface area contributed by atoms with Gasteiger partial charge in [-0.3, -0.25) is 14.4 Å². The fraction of sp³-hybridized carbons (Fsp3) is 0.250. The molecule has 0 spiro atoms. The van der Waals surface area contributed by atoms with Gasteiger partial charge < -0.3 is 21.3 Å². The molecule has 0 radical (unpaired) electrons. The molecule has 2 aromatic carbocycles. The first-order chi connectivity index (χ1) is 13.5. The van der Waals surface area contributed by atoms with Gasteiger partial charge in [0.1, 0.15) is 0 Å². The molecule has 0 aromatic heterocycles. The number of carbonyl (C=O) groups is 3. The normalized spacial score (nSPS) is 12.8. The molecule has 2 aromatic rings.